The van der Waals surface area contributed by atoms with Crippen molar-refractivity contribution in [2.24, 2.45) is 5.92 Å². The van der Waals surface area contributed by atoms with E-state index in [0.717, 1.165) is 12.0 Å². The van der Waals surface area contributed by atoms with E-state index in [4.69, 9.17) is 0 Å². The van der Waals surface area contributed by atoms with E-state index in [0.29, 0.717) is 16.8 Å². The molecule has 5 heteroatoms. The van der Waals surface area contributed by atoms with Gasteiger partial charge in [-0.1, -0.05) is 50.2 Å². The van der Waals surface area contributed by atoms with Crippen LogP contribution in [-0.4, -0.2) is 15.7 Å². The van der Waals surface area contributed by atoms with Crippen LogP contribution < -0.4 is 10.7 Å². The normalized spacial score (nSPS) is 12.3. The highest BCUT2D eigenvalue weighted by molar-refractivity contribution is 5.81. The maximum absolute atomic E-state index is 12.5. The molecule has 1 amide bonds. The highest BCUT2D eigenvalue weighted by Crippen LogP contribution is 2.16. The van der Waals surface area contributed by atoms with Gasteiger partial charge in [0.1, 0.15) is 6.54 Å². The third kappa shape index (κ3) is 4.61. The molecule has 5 nitrogen and oxygen atoms in total. The molecule has 2 aromatic carbocycles. The fourth-order valence-electron chi connectivity index (χ4n) is 3.21. The third-order valence-corrected chi connectivity index (χ3v) is 4.56. The largest absolute Gasteiger partial charge is 0.348 e. The molecule has 0 aliphatic rings. The van der Waals surface area contributed by atoms with Gasteiger partial charge in [0.2, 0.25) is 11.3 Å². The van der Waals surface area contributed by atoms with Gasteiger partial charge in [-0.05, 0) is 42.5 Å². The van der Waals surface area contributed by atoms with Gasteiger partial charge in [-0.25, -0.2) is 0 Å². The number of hydrogen-bond acceptors (Lipinski definition) is 3. The molecule has 0 saturated carbocycles. The van der Waals surface area contributed by atoms with E-state index in [9.17, 15) is 9.59 Å². The van der Waals surface area contributed by atoms with Crippen molar-refractivity contribution in [2.45, 2.75) is 39.8 Å². The summed E-state index contributed by atoms with van der Waals surface area (Å²) in [5, 5.41) is 7.68. The molecule has 3 aromatic rings. The van der Waals surface area contributed by atoms with Crippen molar-refractivity contribution >= 4 is 16.8 Å². The Labute approximate surface area is 159 Å². The van der Waals surface area contributed by atoms with Crippen LogP contribution in [0.25, 0.3) is 10.9 Å². The quantitative estimate of drug-likeness (QED) is 0.729. The molecule has 27 heavy (non-hydrogen) atoms. The maximum atomic E-state index is 12.5. The highest BCUT2D eigenvalue weighted by atomic mass is 16.2. The predicted molar refractivity (Wildman–Crippen MR) is 108 cm³/mol. The van der Waals surface area contributed by atoms with Crippen LogP contribution in [0.15, 0.2) is 59.5 Å². The molecule has 1 N–H and O–H groups in total. The first-order chi connectivity index (χ1) is 12.9. The zero-order valence-electron chi connectivity index (χ0n) is 16.0. The van der Waals surface area contributed by atoms with Crippen LogP contribution in [0.5, 0.6) is 0 Å². The molecule has 0 radical (unpaired) electrons. The zero-order chi connectivity index (χ0) is 19.4. The minimum atomic E-state index is -0.143. The molecular weight excluding hydrogens is 338 g/mol. The van der Waals surface area contributed by atoms with Crippen LogP contribution in [0.2, 0.25) is 0 Å². The van der Waals surface area contributed by atoms with Crippen molar-refractivity contribution in [3.63, 3.8) is 0 Å². The lowest BCUT2D eigenvalue weighted by Gasteiger charge is -2.16. The second-order valence-electron chi connectivity index (χ2n) is 7.31. The fourth-order valence-corrected chi connectivity index (χ4v) is 3.21. The summed E-state index contributed by atoms with van der Waals surface area (Å²) in [7, 11) is 0. The van der Waals surface area contributed by atoms with E-state index in [-0.39, 0.29) is 23.9 Å². The molecular formula is C22H25N3O2. The summed E-state index contributed by atoms with van der Waals surface area (Å²) in [6.45, 7) is 6.43. The van der Waals surface area contributed by atoms with E-state index in [1.165, 1.54) is 11.8 Å². The molecule has 140 valence electrons. The minimum Gasteiger partial charge on any atom is -0.348 e. The summed E-state index contributed by atoms with van der Waals surface area (Å²) in [5.74, 6) is 0.475. The summed E-state index contributed by atoms with van der Waals surface area (Å²) in [6.07, 6.45) is 2.30. The predicted octanol–water partition coefficient (Wildman–Crippen LogP) is 3.47. The van der Waals surface area contributed by atoms with Crippen molar-refractivity contribution in [3.05, 3.63) is 76.1 Å². The molecule has 0 spiro atoms. The summed E-state index contributed by atoms with van der Waals surface area (Å²) in [4.78, 5) is 24.4. The first-order valence-corrected chi connectivity index (χ1v) is 9.27. The Balaban J connectivity index is 1.69. The lowest BCUT2D eigenvalue weighted by Crippen LogP contribution is -2.31. The van der Waals surface area contributed by atoms with E-state index in [1.807, 2.05) is 13.0 Å². The number of amides is 1. The Morgan fingerprint density at radius 2 is 1.78 bits per heavy atom. The van der Waals surface area contributed by atoms with Gasteiger partial charge in [0, 0.05) is 5.39 Å². The molecule has 1 atom stereocenters. The number of nitrogens with zero attached hydrogens (tertiary/aromatic N) is 2. The second kappa shape index (κ2) is 8.16. The molecule has 0 unspecified atom stereocenters. The first kappa shape index (κ1) is 18.8. The number of carbonyl (C=O) groups excluding carboxylic acids is 1. The van der Waals surface area contributed by atoms with Crippen LogP contribution in [0.3, 0.4) is 0 Å². The van der Waals surface area contributed by atoms with E-state index in [2.05, 4.69) is 48.5 Å². The van der Waals surface area contributed by atoms with Gasteiger partial charge < -0.3 is 5.32 Å². The van der Waals surface area contributed by atoms with E-state index >= 15 is 0 Å². The van der Waals surface area contributed by atoms with Gasteiger partial charge in [0.15, 0.2) is 0 Å². The Kier molecular flexibility index (Phi) is 5.69. The number of hydrogen-bond donors (Lipinski definition) is 1. The Hall–Kier alpha value is -2.95. The number of benzene rings is 2. The monoisotopic (exact) mass is 363 g/mol. The Morgan fingerprint density at radius 3 is 2.48 bits per heavy atom. The van der Waals surface area contributed by atoms with Crippen LogP contribution in [0.4, 0.5) is 0 Å². The molecule has 3 rings (SSSR count). The number of fused-ring (bicyclic) bond motifs is 1. The van der Waals surface area contributed by atoms with E-state index < -0.39 is 0 Å². The van der Waals surface area contributed by atoms with Gasteiger partial charge in [-0.3, -0.25) is 14.3 Å². The second-order valence-corrected chi connectivity index (χ2v) is 7.31. The smallest absolute Gasteiger partial charge is 0.242 e. The SMILES string of the molecule is CC(C)Cc1ccc([C@@H](C)NC(=O)Cn2ncc(=O)c3ccccc32)cc1. The molecule has 0 bridgehead atoms. The van der Waals surface area contributed by atoms with Crippen LogP contribution >= 0.6 is 0 Å². The van der Waals surface area contributed by atoms with Gasteiger partial charge in [0.25, 0.3) is 0 Å². The molecule has 1 aromatic heterocycles. The van der Waals surface area contributed by atoms with Crippen LogP contribution in [0.1, 0.15) is 37.9 Å². The topological polar surface area (TPSA) is 64.0 Å². The van der Waals surface area contributed by atoms with Crippen molar-refractivity contribution in [2.75, 3.05) is 0 Å². The third-order valence-electron chi connectivity index (χ3n) is 4.56. The maximum Gasteiger partial charge on any atom is 0.242 e. The lowest BCUT2D eigenvalue weighted by molar-refractivity contribution is -0.122. The number of rotatable bonds is 6. The summed E-state index contributed by atoms with van der Waals surface area (Å²) in [6, 6.07) is 15.5. The molecule has 0 fully saturated rings. The van der Waals surface area contributed by atoms with Crippen LogP contribution in [0, 0.1) is 5.92 Å². The first-order valence-electron chi connectivity index (χ1n) is 9.27. The minimum absolute atomic E-state index is 0.0660. The van der Waals surface area contributed by atoms with Crippen molar-refractivity contribution in [3.8, 4) is 0 Å². The standard InChI is InChI=1S/C22H25N3O2/c1-15(2)12-17-8-10-18(11-9-17)16(3)24-22(27)14-25-20-7-5-4-6-19(20)21(26)13-23-25/h4-11,13,15-16H,12,14H2,1-3H3,(H,24,27)/t16-/m1/s1. The molecule has 0 saturated heterocycles. The van der Waals surface area contributed by atoms with Crippen molar-refractivity contribution in [1.29, 1.82) is 0 Å². The Morgan fingerprint density at radius 1 is 1.07 bits per heavy atom. The van der Waals surface area contributed by atoms with Gasteiger partial charge in [-0.15, -0.1) is 0 Å². The molecule has 0 aliphatic heterocycles. The fraction of sp³-hybridized carbons (Fsp3) is 0.318. The number of aromatic nitrogens is 2. The zero-order valence-corrected chi connectivity index (χ0v) is 16.0. The van der Waals surface area contributed by atoms with E-state index in [1.54, 1.807) is 22.9 Å². The number of nitrogens with one attached hydrogen (secondary N) is 1. The summed E-state index contributed by atoms with van der Waals surface area (Å²) >= 11 is 0. The molecule has 0 aliphatic carbocycles. The summed E-state index contributed by atoms with van der Waals surface area (Å²) < 4.78 is 1.56. The average molecular weight is 363 g/mol. The van der Waals surface area contributed by atoms with Gasteiger partial charge >= 0.3 is 0 Å². The summed E-state index contributed by atoms with van der Waals surface area (Å²) in [5.41, 5.74) is 2.88. The average Bonchev–Trinajstić information content (AvgIpc) is 2.64. The van der Waals surface area contributed by atoms with Gasteiger partial charge in [0.05, 0.1) is 17.8 Å². The van der Waals surface area contributed by atoms with Gasteiger partial charge in [-0.2, -0.15) is 5.10 Å². The highest BCUT2D eigenvalue weighted by Gasteiger charge is 2.12. The Bertz CT molecular complexity index is 990. The van der Waals surface area contributed by atoms with Crippen molar-refractivity contribution < 1.29 is 4.79 Å². The number of carbonyl (C=O) groups is 1. The van der Waals surface area contributed by atoms with Crippen LogP contribution in [-0.2, 0) is 17.8 Å². The lowest BCUT2D eigenvalue weighted by atomic mass is 10.00. The van der Waals surface area contributed by atoms with Crippen molar-refractivity contribution in [1.82, 2.24) is 15.1 Å². The number of para-hydroxylation sites is 1. The molecule has 1 heterocycles.